The lowest BCUT2D eigenvalue weighted by molar-refractivity contribution is 0.629. The van der Waals surface area contributed by atoms with Crippen molar-refractivity contribution in [3.8, 4) is 0 Å². The molecule has 17 heavy (non-hydrogen) atoms. The second-order valence-corrected chi connectivity index (χ2v) is 4.87. The molecular formula is C14H22N2S. The number of aryl methyl sites for hydroxylation is 1. The highest BCUT2D eigenvalue weighted by molar-refractivity contribution is 7.80. The van der Waals surface area contributed by atoms with Gasteiger partial charge in [-0.05, 0) is 44.9 Å². The molecule has 2 N–H and O–H groups in total. The fourth-order valence-corrected chi connectivity index (χ4v) is 2.20. The SMILES string of the molecule is CCC(C)N(CC)c1cc(C)ccc1C(N)=S. The largest absolute Gasteiger partial charge is 0.389 e. The lowest BCUT2D eigenvalue weighted by Gasteiger charge is -2.31. The van der Waals surface area contributed by atoms with E-state index in [1.54, 1.807) is 0 Å². The van der Waals surface area contributed by atoms with Crippen LogP contribution < -0.4 is 10.6 Å². The summed E-state index contributed by atoms with van der Waals surface area (Å²) < 4.78 is 0. The van der Waals surface area contributed by atoms with Gasteiger partial charge in [0.15, 0.2) is 0 Å². The molecule has 1 rings (SSSR count). The molecule has 3 heteroatoms. The van der Waals surface area contributed by atoms with E-state index in [4.69, 9.17) is 18.0 Å². The van der Waals surface area contributed by atoms with Crippen LogP contribution in [0.25, 0.3) is 0 Å². The number of thiocarbonyl (C=S) groups is 1. The van der Waals surface area contributed by atoms with Crippen LogP contribution in [-0.4, -0.2) is 17.6 Å². The monoisotopic (exact) mass is 250 g/mol. The van der Waals surface area contributed by atoms with E-state index in [9.17, 15) is 0 Å². The Morgan fingerprint density at radius 3 is 2.53 bits per heavy atom. The maximum absolute atomic E-state index is 5.80. The van der Waals surface area contributed by atoms with Crippen LogP contribution in [0.1, 0.15) is 38.3 Å². The normalized spacial score (nSPS) is 12.2. The smallest absolute Gasteiger partial charge is 0.106 e. The molecule has 0 aromatic heterocycles. The summed E-state index contributed by atoms with van der Waals surface area (Å²) in [5.41, 5.74) is 9.18. The van der Waals surface area contributed by atoms with E-state index in [1.807, 2.05) is 6.07 Å². The van der Waals surface area contributed by atoms with Crippen molar-refractivity contribution in [1.29, 1.82) is 0 Å². The van der Waals surface area contributed by atoms with Gasteiger partial charge in [0.1, 0.15) is 4.99 Å². The number of hydrogen-bond donors (Lipinski definition) is 1. The number of nitrogens with zero attached hydrogens (tertiary/aromatic N) is 1. The molecule has 0 bridgehead atoms. The summed E-state index contributed by atoms with van der Waals surface area (Å²) in [6, 6.07) is 6.75. The second kappa shape index (κ2) is 6.01. The Bertz CT molecular complexity index is 401. The highest BCUT2D eigenvalue weighted by Crippen LogP contribution is 2.25. The molecule has 0 spiro atoms. The Kier molecular flexibility index (Phi) is 4.94. The zero-order valence-corrected chi connectivity index (χ0v) is 12.0. The highest BCUT2D eigenvalue weighted by Gasteiger charge is 2.16. The Balaban J connectivity index is 3.25. The average Bonchev–Trinajstić information content (AvgIpc) is 2.29. The minimum absolute atomic E-state index is 0.474. The van der Waals surface area contributed by atoms with E-state index < -0.39 is 0 Å². The molecule has 1 atom stereocenters. The van der Waals surface area contributed by atoms with Crippen LogP contribution in [0.5, 0.6) is 0 Å². The maximum Gasteiger partial charge on any atom is 0.106 e. The van der Waals surface area contributed by atoms with Crippen LogP contribution >= 0.6 is 12.2 Å². The number of nitrogens with two attached hydrogens (primary N) is 1. The van der Waals surface area contributed by atoms with Gasteiger partial charge in [-0.15, -0.1) is 0 Å². The molecule has 0 aliphatic carbocycles. The summed E-state index contributed by atoms with van der Waals surface area (Å²) in [7, 11) is 0. The van der Waals surface area contributed by atoms with E-state index in [0.717, 1.165) is 24.2 Å². The molecule has 0 aliphatic rings. The fourth-order valence-electron chi connectivity index (χ4n) is 2.03. The van der Waals surface area contributed by atoms with Gasteiger partial charge in [-0.25, -0.2) is 0 Å². The van der Waals surface area contributed by atoms with E-state index in [-0.39, 0.29) is 0 Å². The van der Waals surface area contributed by atoms with Crippen LogP contribution in [0.4, 0.5) is 5.69 Å². The van der Waals surface area contributed by atoms with E-state index in [2.05, 4.69) is 44.7 Å². The molecule has 94 valence electrons. The minimum Gasteiger partial charge on any atom is -0.389 e. The molecule has 0 radical (unpaired) electrons. The first-order valence-corrected chi connectivity index (χ1v) is 6.59. The van der Waals surface area contributed by atoms with Gasteiger partial charge in [0.2, 0.25) is 0 Å². The Morgan fingerprint density at radius 2 is 2.06 bits per heavy atom. The lowest BCUT2D eigenvalue weighted by atomic mass is 10.1. The number of hydrogen-bond acceptors (Lipinski definition) is 2. The molecule has 0 saturated carbocycles. The standard InChI is InChI=1S/C14H22N2S/c1-5-11(4)16(6-2)13-9-10(3)7-8-12(13)14(15)17/h7-9,11H,5-6H2,1-4H3,(H2,15,17). The topological polar surface area (TPSA) is 29.3 Å². The van der Waals surface area contributed by atoms with Gasteiger partial charge in [-0.1, -0.05) is 25.2 Å². The molecule has 1 aromatic carbocycles. The molecule has 0 saturated heterocycles. The molecule has 0 aliphatic heterocycles. The fraction of sp³-hybridized carbons (Fsp3) is 0.500. The number of rotatable bonds is 5. The first-order valence-electron chi connectivity index (χ1n) is 6.18. The summed E-state index contributed by atoms with van der Waals surface area (Å²) in [6.45, 7) is 9.65. The Morgan fingerprint density at radius 1 is 1.41 bits per heavy atom. The van der Waals surface area contributed by atoms with E-state index >= 15 is 0 Å². The summed E-state index contributed by atoms with van der Waals surface area (Å²) in [5.74, 6) is 0. The van der Waals surface area contributed by atoms with Gasteiger partial charge in [0.05, 0.1) is 0 Å². The number of anilines is 1. The summed E-state index contributed by atoms with van der Waals surface area (Å²) >= 11 is 5.13. The Labute approximate surface area is 110 Å². The minimum atomic E-state index is 0.474. The molecule has 1 aromatic rings. The molecule has 0 heterocycles. The molecule has 0 fully saturated rings. The maximum atomic E-state index is 5.80. The van der Waals surface area contributed by atoms with Crippen LogP contribution in [-0.2, 0) is 0 Å². The van der Waals surface area contributed by atoms with Gasteiger partial charge in [0.25, 0.3) is 0 Å². The third-order valence-electron chi connectivity index (χ3n) is 3.19. The van der Waals surface area contributed by atoms with Crippen molar-refractivity contribution in [3.05, 3.63) is 29.3 Å². The van der Waals surface area contributed by atoms with E-state index in [0.29, 0.717) is 11.0 Å². The van der Waals surface area contributed by atoms with Crippen molar-refractivity contribution in [2.75, 3.05) is 11.4 Å². The van der Waals surface area contributed by atoms with Crippen molar-refractivity contribution in [1.82, 2.24) is 0 Å². The van der Waals surface area contributed by atoms with Crippen molar-refractivity contribution in [2.24, 2.45) is 5.73 Å². The molecule has 1 unspecified atom stereocenters. The van der Waals surface area contributed by atoms with Gasteiger partial charge in [-0.3, -0.25) is 0 Å². The van der Waals surface area contributed by atoms with Gasteiger partial charge in [-0.2, -0.15) is 0 Å². The van der Waals surface area contributed by atoms with E-state index in [1.165, 1.54) is 5.56 Å². The lowest BCUT2D eigenvalue weighted by Crippen LogP contribution is -2.34. The predicted octanol–water partition coefficient (Wildman–Crippen LogP) is 3.25. The van der Waals surface area contributed by atoms with Crippen LogP contribution in [0.15, 0.2) is 18.2 Å². The summed E-state index contributed by atoms with van der Waals surface area (Å²) in [4.78, 5) is 2.84. The van der Waals surface area contributed by atoms with Crippen LogP contribution in [0.3, 0.4) is 0 Å². The Hall–Kier alpha value is -1.09. The van der Waals surface area contributed by atoms with Crippen molar-refractivity contribution in [3.63, 3.8) is 0 Å². The zero-order valence-electron chi connectivity index (χ0n) is 11.2. The van der Waals surface area contributed by atoms with Gasteiger partial charge < -0.3 is 10.6 Å². The van der Waals surface area contributed by atoms with Gasteiger partial charge in [0, 0.05) is 23.8 Å². The summed E-state index contributed by atoms with van der Waals surface area (Å²) in [5, 5.41) is 0. The van der Waals surface area contributed by atoms with Crippen LogP contribution in [0, 0.1) is 6.92 Å². The third-order valence-corrected chi connectivity index (χ3v) is 3.41. The third kappa shape index (κ3) is 3.19. The van der Waals surface area contributed by atoms with Gasteiger partial charge >= 0.3 is 0 Å². The zero-order chi connectivity index (χ0) is 13.0. The van der Waals surface area contributed by atoms with Crippen molar-refractivity contribution >= 4 is 22.9 Å². The first kappa shape index (κ1) is 14.0. The van der Waals surface area contributed by atoms with Crippen molar-refractivity contribution < 1.29 is 0 Å². The second-order valence-electron chi connectivity index (χ2n) is 4.43. The average molecular weight is 250 g/mol. The van der Waals surface area contributed by atoms with Crippen molar-refractivity contribution in [2.45, 2.75) is 40.2 Å². The molecule has 0 amide bonds. The molecule has 2 nitrogen and oxygen atoms in total. The quantitative estimate of drug-likeness (QED) is 0.813. The summed E-state index contributed by atoms with van der Waals surface area (Å²) in [6.07, 6.45) is 1.11. The highest BCUT2D eigenvalue weighted by atomic mass is 32.1. The first-order chi connectivity index (χ1) is 8.01. The predicted molar refractivity (Wildman–Crippen MR) is 79.8 cm³/mol. The number of benzene rings is 1. The molecular weight excluding hydrogens is 228 g/mol. The van der Waals surface area contributed by atoms with Crippen LogP contribution in [0.2, 0.25) is 0 Å².